The molecule has 3 heterocycles. The van der Waals surface area contributed by atoms with Crippen LogP contribution in [-0.4, -0.2) is 39.8 Å². The molecule has 2 saturated carbocycles. The first-order valence-electron chi connectivity index (χ1n) is 8.62. The highest BCUT2D eigenvalue weighted by atomic mass is 32.1. The summed E-state index contributed by atoms with van der Waals surface area (Å²) in [5, 5.41) is 10.4. The molecular weight excluding hydrogens is 306 g/mol. The van der Waals surface area contributed by atoms with Crippen LogP contribution in [0, 0.1) is 17.8 Å². The van der Waals surface area contributed by atoms with Gasteiger partial charge in [-0.1, -0.05) is 46.8 Å². The third-order valence-electron chi connectivity index (χ3n) is 6.70. The highest BCUT2D eigenvalue weighted by Gasteiger charge is 2.69. The molecular formula is C18H19N3OS. The molecule has 2 saturated heterocycles. The summed E-state index contributed by atoms with van der Waals surface area (Å²) in [7, 11) is 0. The highest BCUT2D eigenvalue weighted by Crippen LogP contribution is 2.64. The van der Waals surface area contributed by atoms with Crippen LogP contribution in [-0.2, 0) is 0 Å². The van der Waals surface area contributed by atoms with E-state index < -0.39 is 0 Å². The van der Waals surface area contributed by atoms with Gasteiger partial charge in [0.05, 0.1) is 0 Å². The molecule has 23 heavy (non-hydrogen) atoms. The van der Waals surface area contributed by atoms with Crippen molar-refractivity contribution >= 4 is 11.3 Å². The lowest BCUT2D eigenvalue weighted by Crippen LogP contribution is -2.60. The molecule has 1 spiro atoms. The van der Waals surface area contributed by atoms with Crippen molar-refractivity contribution in [3.63, 3.8) is 0 Å². The van der Waals surface area contributed by atoms with E-state index in [-0.39, 0.29) is 0 Å². The summed E-state index contributed by atoms with van der Waals surface area (Å²) >= 11 is 1.58. The predicted octanol–water partition coefficient (Wildman–Crippen LogP) is 3.07. The third-order valence-corrected chi connectivity index (χ3v) is 7.56. The topological polar surface area (TPSA) is 38.3 Å². The smallest absolute Gasteiger partial charge is 0.294 e. The first-order valence-corrected chi connectivity index (χ1v) is 9.44. The van der Waals surface area contributed by atoms with Gasteiger partial charge in [0.15, 0.2) is 5.01 Å². The van der Waals surface area contributed by atoms with Gasteiger partial charge in [-0.25, -0.2) is 0 Å². The Morgan fingerprint density at radius 3 is 2.87 bits per heavy atom. The molecule has 3 bridgehead atoms. The van der Waals surface area contributed by atoms with E-state index in [2.05, 4.69) is 27.2 Å². The van der Waals surface area contributed by atoms with E-state index in [0.29, 0.717) is 17.6 Å². The van der Waals surface area contributed by atoms with Crippen molar-refractivity contribution < 1.29 is 4.74 Å². The Bertz CT molecular complexity index is 737. The zero-order valence-corrected chi connectivity index (χ0v) is 13.7. The van der Waals surface area contributed by atoms with Crippen molar-refractivity contribution in [3.05, 3.63) is 30.3 Å². The molecule has 2 aliphatic carbocycles. The van der Waals surface area contributed by atoms with Gasteiger partial charge in [-0.2, -0.15) is 0 Å². The Morgan fingerprint density at radius 2 is 1.96 bits per heavy atom. The number of aromatic nitrogens is 2. The number of hydrogen-bond donors (Lipinski definition) is 0. The minimum atomic E-state index is 0.356. The van der Waals surface area contributed by atoms with E-state index in [0.717, 1.165) is 27.6 Å². The minimum Gasteiger partial charge on any atom is -0.465 e. The van der Waals surface area contributed by atoms with E-state index in [1.54, 1.807) is 11.3 Å². The Morgan fingerprint density at radius 1 is 1.09 bits per heavy atom. The molecule has 2 unspecified atom stereocenters. The van der Waals surface area contributed by atoms with E-state index in [1.807, 2.05) is 18.2 Å². The summed E-state index contributed by atoms with van der Waals surface area (Å²) < 4.78 is 6.40. The molecule has 0 amide bonds. The van der Waals surface area contributed by atoms with Gasteiger partial charge in [-0.05, 0) is 31.1 Å². The second-order valence-corrected chi connectivity index (χ2v) is 8.63. The largest absolute Gasteiger partial charge is 0.465 e. The quantitative estimate of drug-likeness (QED) is 0.869. The van der Waals surface area contributed by atoms with Crippen molar-refractivity contribution in [2.75, 3.05) is 13.1 Å². The molecule has 4 fully saturated rings. The first-order chi connectivity index (χ1) is 11.3. The molecule has 2 aliphatic heterocycles. The summed E-state index contributed by atoms with van der Waals surface area (Å²) in [5.41, 5.74) is 1.71. The molecule has 5 heteroatoms. The van der Waals surface area contributed by atoms with Crippen LogP contribution >= 0.6 is 11.3 Å². The first kappa shape index (κ1) is 12.9. The van der Waals surface area contributed by atoms with Crippen LogP contribution in [0.4, 0.5) is 0 Å². The maximum absolute atomic E-state index is 6.40. The van der Waals surface area contributed by atoms with Gasteiger partial charge >= 0.3 is 0 Å². The molecule has 5 atom stereocenters. The Balaban J connectivity index is 1.26. The number of benzene rings is 1. The van der Waals surface area contributed by atoms with Crippen LogP contribution in [0.25, 0.3) is 10.6 Å². The molecule has 0 N–H and O–H groups in total. The molecule has 6 rings (SSSR count). The van der Waals surface area contributed by atoms with E-state index in [9.17, 15) is 0 Å². The fraction of sp³-hybridized carbons (Fsp3) is 0.556. The Kier molecular flexibility index (Phi) is 2.43. The fourth-order valence-electron chi connectivity index (χ4n) is 5.81. The summed E-state index contributed by atoms with van der Waals surface area (Å²) in [6.45, 7) is 2.58. The molecule has 1 aromatic carbocycles. The fourth-order valence-corrected chi connectivity index (χ4v) is 6.55. The normalized spacial score (nSPS) is 40.2. The summed E-state index contributed by atoms with van der Waals surface area (Å²) in [6, 6.07) is 10.3. The second-order valence-electron chi connectivity index (χ2n) is 7.69. The van der Waals surface area contributed by atoms with E-state index >= 15 is 0 Å². The Hall–Kier alpha value is -1.46. The molecule has 0 radical (unpaired) electrons. The molecule has 2 aromatic rings. The lowest BCUT2D eigenvalue weighted by atomic mass is 9.73. The van der Waals surface area contributed by atoms with Gasteiger partial charge < -0.3 is 4.74 Å². The molecule has 118 valence electrons. The van der Waals surface area contributed by atoms with Crippen LogP contribution in [0.3, 0.4) is 0 Å². The zero-order valence-electron chi connectivity index (χ0n) is 12.9. The number of rotatable bonds is 3. The van der Waals surface area contributed by atoms with Gasteiger partial charge in [-0.3, -0.25) is 4.90 Å². The van der Waals surface area contributed by atoms with E-state index in [1.165, 1.54) is 32.4 Å². The SMILES string of the molecule is c1ccc(-c2nnc(O[C@@H]3C4CN5CC6C[C@H]3C[C@]65C4)s2)cc1. The highest BCUT2D eigenvalue weighted by molar-refractivity contribution is 7.16. The second kappa shape index (κ2) is 4.33. The molecule has 4 nitrogen and oxygen atoms in total. The predicted molar refractivity (Wildman–Crippen MR) is 88.4 cm³/mol. The minimum absolute atomic E-state index is 0.356. The number of nitrogens with zero attached hydrogens (tertiary/aromatic N) is 3. The lowest BCUT2D eigenvalue weighted by Gasteiger charge is -2.51. The number of fused-ring (bicyclic) bond motifs is 2. The van der Waals surface area contributed by atoms with Crippen molar-refractivity contribution in [2.24, 2.45) is 17.8 Å². The van der Waals surface area contributed by atoms with Gasteiger partial charge in [0.1, 0.15) is 6.10 Å². The van der Waals surface area contributed by atoms with Gasteiger partial charge in [-0.15, -0.1) is 5.10 Å². The Labute approximate surface area is 139 Å². The summed E-state index contributed by atoms with van der Waals surface area (Å²) in [4.78, 5) is 2.74. The maximum Gasteiger partial charge on any atom is 0.294 e. The lowest BCUT2D eigenvalue weighted by molar-refractivity contribution is -0.0244. The van der Waals surface area contributed by atoms with Crippen LogP contribution in [0.15, 0.2) is 30.3 Å². The van der Waals surface area contributed by atoms with Crippen molar-refractivity contribution in [2.45, 2.75) is 30.9 Å². The average Bonchev–Trinajstić information content (AvgIpc) is 3.20. The van der Waals surface area contributed by atoms with Crippen molar-refractivity contribution in [3.8, 4) is 15.8 Å². The number of hydrogen-bond acceptors (Lipinski definition) is 5. The summed E-state index contributed by atoms with van der Waals surface area (Å²) in [5.74, 6) is 2.38. The van der Waals surface area contributed by atoms with Crippen molar-refractivity contribution in [1.29, 1.82) is 0 Å². The number of ether oxygens (including phenoxy) is 1. The monoisotopic (exact) mass is 325 g/mol. The van der Waals surface area contributed by atoms with E-state index in [4.69, 9.17) is 4.74 Å². The van der Waals surface area contributed by atoms with Gasteiger partial charge in [0, 0.05) is 30.1 Å². The maximum atomic E-state index is 6.40. The van der Waals surface area contributed by atoms with Crippen LogP contribution < -0.4 is 4.74 Å². The average molecular weight is 325 g/mol. The van der Waals surface area contributed by atoms with Gasteiger partial charge in [0.25, 0.3) is 5.19 Å². The third kappa shape index (κ3) is 1.64. The summed E-state index contributed by atoms with van der Waals surface area (Å²) in [6.07, 6.45) is 4.42. The molecule has 1 aromatic heterocycles. The van der Waals surface area contributed by atoms with Crippen LogP contribution in [0.1, 0.15) is 19.3 Å². The van der Waals surface area contributed by atoms with Crippen LogP contribution in [0.5, 0.6) is 5.19 Å². The zero-order chi connectivity index (χ0) is 15.0. The molecule has 4 aliphatic rings. The van der Waals surface area contributed by atoms with Crippen LogP contribution in [0.2, 0.25) is 0 Å². The van der Waals surface area contributed by atoms with Crippen molar-refractivity contribution in [1.82, 2.24) is 15.1 Å². The van der Waals surface area contributed by atoms with Gasteiger partial charge in [0.2, 0.25) is 0 Å². The standard InChI is InChI=1S/C18H19N3OS/c1-2-4-11(5-3-1)16-19-20-17(23-16)22-15-12-6-14-10-21-9-13(15)8-18(14,21)7-12/h1-5,12-15H,6-10H2/t12-,13?,14?,15-,18-/m0/s1.